The van der Waals surface area contributed by atoms with Gasteiger partial charge in [0, 0.05) is 31.6 Å². The number of nitrogens with zero attached hydrogens (tertiary/aromatic N) is 7. The van der Waals surface area contributed by atoms with E-state index in [-0.39, 0.29) is 0 Å². The molecule has 0 atom stereocenters. The summed E-state index contributed by atoms with van der Waals surface area (Å²) >= 11 is 6.62. The molecule has 3 heterocycles. The first-order chi connectivity index (χ1) is 13.7. The third-order valence-corrected chi connectivity index (χ3v) is 5.93. The van der Waals surface area contributed by atoms with E-state index in [1.54, 1.807) is 0 Å². The molecule has 1 aliphatic heterocycles. The minimum absolute atomic E-state index is 0.555. The maximum Gasteiger partial charge on any atom is 0.227 e. The van der Waals surface area contributed by atoms with Gasteiger partial charge in [0.15, 0.2) is 0 Å². The second-order valence-electron chi connectivity index (χ2n) is 7.54. The molecule has 1 saturated carbocycles. The fraction of sp³-hybridized carbons (Fsp3) is 0.450. The van der Waals surface area contributed by atoms with Crippen LogP contribution in [-0.4, -0.2) is 63.7 Å². The van der Waals surface area contributed by atoms with Crippen molar-refractivity contribution in [3.8, 4) is 5.69 Å². The lowest BCUT2D eigenvalue weighted by atomic mass is 10.2. The van der Waals surface area contributed by atoms with Gasteiger partial charge in [-0.25, -0.2) is 11.3 Å². The molecular weight excluding hydrogens is 374 g/mol. The highest BCUT2D eigenvalue weighted by Crippen LogP contribution is 2.35. The number of aromatic nitrogens is 4. The van der Waals surface area contributed by atoms with Crippen molar-refractivity contribution in [3.05, 3.63) is 47.2 Å². The molecule has 2 aromatic heterocycles. The fourth-order valence-corrected chi connectivity index (χ4v) is 4.15. The van der Waals surface area contributed by atoms with Crippen molar-refractivity contribution in [2.24, 2.45) is 0 Å². The van der Waals surface area contributed by atoms with Crippen LogP contribution in [0.5, 0.6) is 0 Å². The first-order valence-electron chi connectivity index (χ1n) is 9.75. The summed E-state index contributed by atoms with van der Waals surface area (Å²) in [7, 11) is 0. The smallest absolute Gasteiger partial charge is 0.227 e. The molecule has 2 aliphatic rings. The van der Waals surface area contributed by atoms with Crippen LogP contribution in [0.2, 0.25) is 5.02 Å². The van der Waals surface area contributed by atoms with E-state index in [9.17, 15) is 0 Å². The van der Waals surface area contributed by atoms with Crippen LogP contribution >= 0.6 is 11.6 Å². The van der Waals surface area contributed by atoms with E-state index in [1.807, 2.05) is 27.8 Å². The van der Waals surface area contributed by atoms with Crippen LogP contribution < -0.4 is 4.90 Å². The predicted molar refractivity (Wildman–Crippen MR) is 110 cm³/mol. The summed E-state index contributed by atoms with van der Waals surface area (Å²) in [5, 5.41) is 10.9. The van der Waals surface area contributed by atoms with Gasteiger partial charge >= 0.3 is 0 Å². The molecule has 8 heteroatoms. The molecule has 0 radical (unpaired) electrons. The second-order valence-corrected chi connectivity index (χ2v) is 7.95. The number of fused-ring (bicyclic) bond motifs is 1. The first kappa shape index (κ1) is 17.5. The Labute approximate surface area is 168 Å². The van der Waals surface area contributed by atoms with Gasteiger partial charge in [-0.05, 0) is 25.0 Å². The highest BCUT2D eigenvalue weighted by molar-refractivity contribution is 6.34. The number of hydrogen-bond acceptors (Lipinski definition) is 4. The van der Waals surface area contributed by atoms with Crippen molar-refractivity contribution in [2.45, 2.75) is 18.9 Å². The Hall–Kier alpha value is -2.56. The first-order valence-corrected chi connectivity index (χ1v) is 10.1. The Kier molecular flexibility index (Phi) is 4.46. The molecule has 3 aromatic rings. The van der Waals surface area contributed by atoms with Gasteiger partial charge in [-0.3, -0.25) is 9.58 Å². The fourth-order valence-electron chi connectivity index (χ4n) is 3.86. The van der Waals surface area contributed by atoms with Crippen molar-refractivity contribution in [3.63, 3.8) is 0 Å². The number of piperazine rings is 1. The van der Waals surface area contributed by atoms with E-state index in [1.165, 1.54) is 12.8 Å². The van der Waals surface area contributed by atoms with Gasteiger partial charge < -0.3 is 9.74 Å². The van der Waals surface area contributed by atoms with Crippen LogP contribution in [-0.2, 0) is 0 Å². The topological polar surface area (TPSA) is 46.5 Å². The summed E-state index contributed by atoms with van der Waals surface area (Å²) in [4.78, 5) is 8.14. The number of rotatable bonds is 5. The van der Waals surface area contributed by atoms with E-state index >= 15 is 0 Å². The molecule has 7 nitrogen and oxygen atoms in total. The third-order valence-electron chi connectivity index (χ3n) is 5.63. The Bertz CT molecular complexity index is 1030. The van der Waals surface area contributed by atoms with Crippen LogP contribution in [0.3, 0.4) is 0 Å². The van der Waals surface area contributed by atoms with Crippen LogP contribution in [0.4, 0.5) is 5.69 Å². The standard InChI is InChI=1S/C20H22ClN7/c1-22-4-5-25-6-8-26(9-7-25)20-11-19-15(10-18(20)21)12-24-28(19)17-13-23-27(14-17)16-2-3-16/h10-14,16H,2-9H2. The van der Waals surface area contributed by atoms with Crippen LogP contribution in [0, 0.1) is 6.57 Å². The van der Waals surface area contributed by atoms with Gasteiger partial charge in [0.05, 0.1) is 47.4 Å². The maximum absolute atomic E-state index is 6.96. The number of hydrogen-bond donors (Lipinski definition) is 0. The monoisotopic (exact) mass is 395 g/mol. The van der Waals surface area contributed by atoms with Crippen LogP contribution in [0.25, 0.3) is 21.4 Å². The molecule has 5 rings (SSSR count). The zero-order chi connectivity index (χ0) is 19.1. The third kappa shape index (κ3) is 3.23. The van der Waals surface area contributed by atoms with Gasteiger partial charge in [-0.1, -0.05) is 11.6 Å². The number of anilines is 1. The molecule has 28 heavy (non-hydrogen) atoms. The zero-order valence-corrected chi connectivity index (χ0v) is 16.4. The summed E-state index contributed by atoms with van der Waals surface area (Å²) in [6.45, 7) is 12.1. The predicted octanol–water partition coefficient (Wildman–Crippen LogP) is 3.25. The Morgan fingerprint density at radius 2 is 1.93 bits per heavy atom. The van der Waals surface area contributed by atoms with Gasteiger partial charge in [0.2, 0.25) is 6.54 Å². The van der Waals surface area contributed by atoms with Crippen LogP contribution in [0.15, 0.2) is 30.7 Å². The van der Waals surface area contributed by atoms with E-state index in [4.69, 9.17) is 18.2 Å². The van der Waals surface area contributed by atoms with E-state index in [0.29, 0.717) is 12.6 Å². The Morgan fingerprint density at radius 3 is 2.68 bits per heavy atom. The second kappa shape index (κ2) is 7.12. The normalized spacial score (nSPS) is 17.9. The molecule has 0 amide bonds. The zero-order valence-electron chi connectivity index (χ0n) is 15.6. The molecular formula is C20H22ClN7. The number of benzene rings is 1. The highest BCUT2D eigenvalue weighted by atomic mass is 35.5. The molecule has 1 aromatic carbocycles. The summed E-state index contributed by atoms with van der Waals surface area (Å²) in [5.41, 5.74) is 3.08. The lowest BCUT2D eigenvalue weighted by molar-refractivity contribution is 0.269. The average Bonchev–Trinajstić information content (AvgIpc) is 3.31. The van der Waals surface area contributed by atoms with Crippen LogP contribution in [0.1, 0.15) is 18.9 Å². The molecule has 1 saturated heterocycles. The summed E-state index contributed by atoms with van der Waals surface area (Å²) in [5.74, 6) is 0. The Balaban J connectivity index is 1.42. The van der Waals surface area contributed by atoms with Crippen molar-refractivity contribution in [2.75, 3.05) is 44.2 Å². The average molecular weight is 396 g/mol. The van der Waals surface area contributed by atoms with Crippen molar-refractivity contribution in [1.29, 1.82) is 0 Å². The molecule has 0 unspecified atom stereocenters. The molecule has 0 N–H and O–H groups in total. The lowest BCUT2D eigenvalue weighted by Crippen LogP contribution is -2.47. The Morgan fingerprint density at radius 1 is 1.11 bits per heavy atom. The van der Waals surface area contributed by atoms with Gasteiger partial charge in [0.25, 0.3) is 0 Å². The van der Waals surface area contributed by atoms with Crippen molar-refractivity contribution < 1.29 is 0 Å². The SMILES string of the molecule is [C-]#[N+]CCN1CCN(c2cc3c(cnn3-c3cnn(C4CC4)c3)cc2Cl)CC1. The summed E-state index contributed by atoms with van der Waals surface area (Å²) in [6.07, 6.45) is 8.25. The largest absolute Gasteiger partial charge is 0.368 e. The summed E-state index contributed by atoms with van der Waals surface area (Å²) < 4.78 is 4.00. The molecule has 0 bridgehead atoms. The summed E-state index contributed by atoms with van der Waals surface area (Å²) in [6, 6.07) is 4.71. The molecule has 0 spiro atoms. The van der Waals surface area contributed by atoms with E-state index in [0.717, 1.165) is 60.0 Å². The molecule has 1 aliphatic carbocycles. The molecule has 2 fully saturated rings. The minimum Gasteiger partial charge on any atom is -0.368 e. The van der Waals surface area contributed by atoms with Gasteiger partial charge in [-0.2, -0.15) is 10.2 Å². The minimum atomic E-state index is 0.555. The maximum atomic E-state index is 6.96. The highest BCUT2D eigenvalue weighted by Gasteiger charge is 2.25. The van der Waals surface area contributed by atoms with E-state index in [2.05, 4.69) is 37.1 Å². The van der Waals surface area contributed by atoms with Gasteiger partial charge in [-0.15, -0.1) is 0 Å². The van der Waals surface area contributed by atoms with E-state index < -0.39 is 0 Å². The molecule has 144 valence electrons. The lowest BCUT2D eigenvalue weighted by Gasteiger charge is -2.35. The number of halogens is 1. The van der Waals surface area contributed by atoms with Crippen molar-refractivity contribution >= 4 is 28.2 Å². The van der Waals surface area contributed by atoms with Crippen molar-refractivity contribution in [1.82, 2.24) is 24.5 Å². The van der Waals surface area contributed by atoms with Gasteiger partial charge in [0.1, 0.15) is 5.69 Å². The quantitative estimate of drug-likeness (QED) is 0.622.